The number of nitrogens with zero attached hydrogens (tertiary/aromatic N) is 4. The van der Waals surface area contributed by atoms with E-state index in [0.717, 1.165) is 0 Å². The summed E-state index contributed by atoms with van der Waals surface area (Å²) in [4.78, 5) is 9.31. The van der Waals surface area contributed by atoms with E-state index < -0.39 is 17.5 Å². The molecule has 1 saturated heterocycles. The highest BCUT2D eigenvalue weighted by Crippen LogP contribution is 2.48. The average Bonchev–Trinajstić information content (AvgIpc) is 3.30. The molecule has 3 aromatic heterocycles. The van der Waals surface area contributed by atoms with Gasteiger partial charge in [-0.05, 0) is 47.4 Å². The number of piperidine rings is 1. The van der Waals surface area contributed by atoms with Crippen molar-refractivity contribution in [3.8, 4) is 5.19 Å². The molecule has 7 nitrogen and oxygen atoms in total. The Morgan fingerprint density at radius 2 is 2.21 bits per heavy atom. The molecule has 4 rings (SSSR count). The van der Waals surface area contributed by atoms with Crippen molar-refractivity contribution in [3.63, 3.8) is 0 Å². The van der Waals surface area contributed by atoms with Crippen molar-refractivity contribution in [3.05, 3.63) is 28.7 Å². The molecule has 1 N–H and O–H groups in total. The van der Waals surface area contributed by atoms with Gasteiger partial charge in [-0.1, -0.05) is 11.3 Å². The highest BCUT2D eigenvalue weighted by Gasteiger charge is 2.57. The van der Waals surface area contributed by atoms with Crippen LogP contribution in [-0.2, 0) is 5.41 Å². The Balaban J connectivity index is 1.56. The van der Waals surface area contributed by atoms with E-state index in [0.29, 0.717) is 26.7 Å². The Kier molecular flexibility index (Phi) is 5.27. The summed E-state index contributed by atoms with van der Waals surface area (Å²) in [5, 5.41) is 10.2. The van der Waals surface area contributed by atoms with Gasteiger partial charge in [0.2, 0.25) is 0 Å². The third kappa shape index (κ3) is 3.72. The number of fused-ring (bicyclic) bond motifs is 1. The molecule has 0 aliphatic carbocycles. The topological polar surface area (TPSA) is 86.0 Å². The average molecular weight is 478 g/mol. The number of ether oxygens (including phenoxy) is 1. The van der Waals surface area contributed by atoms with Crippen LogP contribution in [0.1, 0.15) is 18.6 Å². The first-order valence-electron chi connectivity index (χ1n) is 8.50. The van der Waals surface area contributed by atoms with Gasteiger partial charge in [-0.15, -0.1) is 5.10 Å². The molecule has 2 atom stereocenters. The predicted octanol–water partition coefficient (Wildman–Crippen LogP) is 3.72. The number of aromatic nitrogens is 4. The maximum Gasteiger partial charge on any atom is 0.394 e. The van der Waals surface area contributed by atoms with E-state index in [1.807, 2.05) is 0 Å². The predicted molar refractivity (Wildman–Crippen MR) is 98.2 cm³/mol. The fraction of sp³-hybridized carbons (Fsp3) is 0.500. The number of rotatable bonds is 5. The van der Waals surface area contributed by atoms with Gasteiger partial charge < -0.3 is 14.6 Å². The van der Waals surface area contributed by atoms with Crippen LogP contribution in [0.2, 0.25) is 0 Å². The van der Waals surface area contributed by atoms with Gasteiger partial charge in [-0.3, -0.25) is 0 Å². The molecule has 28 heavy (non-hydrogen) atoms. The highest BCUT2D eigenvalue weighted by atomic mass is 79.9. The normalized spacial score (nSPS) is 23.2. The molecule has 0 aromatic carbocycles. The Morgan fingerprint density at radius 1 is 1.36 bits per heavy atom. The van der Waals surface area contributed by atoms with E-state index in [1.54, 1.807) is 12.1 Å². The number of nitrogens with one attached hydrogen (secondary N) is 1. The molecular weight excluding hydrogens is 463 g/mol. The van der Waals surface area contributed by atoms with Gasteiger partial charge in [0, 0.05) is 11.8 Å². The molecule has 0 bridgehead atoms. The first kappa shape index (κ1) is 19.5. The molecule has 4 heterocycles. The molecule has 0 spiro atoms. The minimum atomic E-state index is -4.40. The summed E-state index contributed by atoms with van der Waals surface area (Å²) >= 11 is 4.54. The van der Waals surface area contributed by atoms with E-state index in [9.17, 15) is 13.2 Å². The third-order valence-electron chi connectivity index (χ3n) is 4.99. The zero-order valence-corrected chi connectivity index (χ0v) is 16.8. The summed E-state index contributed by atoms with van der Waals surface area (Å²) in [6.45, 7) is 0.296. The number of thiazole rings is 1. The number of halogens is 4. The molecular formula is C16H15BrF3N5O2S. The van der Waals surface area contributed by atoms with Crippen molar-refractivity contribution >= 4 is 37.6 Å². The molecule has 0 radical (unpaired) electrons. The van der Waals surface area contributed by atoms with Crippen LogP contribution < -0.4 is 10.1 Å². The summed E-state index contributed by atoms with van der Waals surface area (Å²) in [6.07, 6.45) is -2.79. The molecule has 150 valence electrons. The van der Waals surface area contributed by atoms with Crippen LogP contribution in [0.5, 0.6) is 5.19 Å². The van der Waals surface area contributed by atoms with Crippen LogP contribution in [0.15, 0.2) is 27.5 Å². The van der Waals surface area contributed by atoms with Crippen LogP contribution in [0.4, 0.5) is 13.2 Å². The van der Waals surface area contributed by atoms with Crippen LogP contribution in [0, 0.1) is 5.92 Å². The molecule has 0 saturated carbocycles. The Hall–Kier alpha value is -1.79. The van der Waals surface area contributed by atoms with Gasteiger partial charge in [-0.2, -0.15) is 13.2 Å². The van der Waals surface area contributed by atoms with Crippen molar-refractivity contribution in [2.24, 2.45) is 5.92 Å². The molecule has 1 aliphatic heterocycles. The molecule has 2 unspecified atom stereocenters. The summed E-state index contributed by atoms with van der Waals surface area (Å²) < 4.78 is 52.8. The largest absolute Gasteiger partial charge is 0.470 e. The Bertz CT molecular complexity index is 952. The van der Waals surface area contributed by atoms with Gasteiger partial charge in [0.05, 0.1) is 24.1 Å². The zero-order valence-electron chi connectivity index (χ0n) is 14.4. The summed E-state index contributed by atoms with van der Waals surface area (Å²) in [7, 11) is 0. The minimum Gasteiger partial charge on any atom is -0.470 e. The highest BCUT2D eigenvalue weighted by molar-refractivity contribution is 9.10. The lowest BCUT2D eigenvalue weighted by atomic mass is 9.66. The number of pyridine rings is 1. The lowest BCUT2D eigenvalue weighted by molar-refractivity contribution is -0.202. The van der Waals surface area contributed by atoms with Crippen molar-refractivity contribution in [2.45, 2.75) is 24.4 Å². The van der Waals surface area contributed by atoms with Crippen LogP contribution in [0.3, 0.4) is 0 Å². The standard InChI is InChI=1S/C16H15BrF3N5O2S/c17-12-2-1-9-13(24-12)28-14(23-9)26-6-4-15(11-8-22-25-27-11)3-5-21-7-10(15)16(18,19)20/h1-2,8,10,21H,3-7H2. The summed E-state index contributed by atoms with van der Waals surface area (Å²) in [5.41, 5.74) is -0.613. The smallest absolute Gasteiger partial charge is 0.394 e. The van der Waals surface area contributed by atoms with Gasteiger partial charge in [-0.25, -0.2) is 9.97 Å². The van der Waals surface area contributed by atoms with Crippen LogP contribution >= 0.6 is 27.3 Å². The Morgan fingerprint density at radius 3 is 2.96 bits per heavy atom. The molecule has 1 aliphatic rings. The fourth-order valence-electron chi connectivity index (χ4n) is 3.62. The third-order valence-corrected chi connectivity index (χ3v) is 6.31. The quantitative estimate of drug-likeness (QED) is 0.560. The van der Waals surface area contributed by atoms with Gasteiger partial charge in [0.1, 0.15) is 15.0 Å². The van der Waals surface area contributed by atoms with E-state index in [2.05, 4.69) is 41.6 Å². The van der Waals surface area contributed by atoms with Crippen LogP contribution in [-0.4, -0.2) is 46.2 Å². The molecule has 3 aromatic rings. The Labute approximate surface area is 169 Å². The zero-order chi connectivity index (χ0) is 19.8. The lowest BCUT2D eigenvalue weighted by Gasteiger charge is -2.43. The van der Waals surface area contributed by atoms with E-state index in [1.165, 1.54) is 17.5 Å². The number of hydrogen-bond acceptors (Lipinski definition) is 8. The van der Waals surface area contributed by atoms with Gasteiger partial charge >= 0.3 is 6.18 Å². The lowest BCUT2D eigenvalue weighted by Crippen LogP contribution is -2.54. The molecule has 1 fully saturated rings. The maximum atomic E-state index is 13.8. The first-order chi connectivity index (χ1) is 13.4. The number of hydrogen-bond donors (Lipinski definition) is 1. The van der Waals surface area contributed by atoms with Gasteiger partial charge in [0.15, 0.2) is 5.76 Å². The first-order valence-corrected chi connectivity index (χ1v) is 10.1. The fourth-order valence-corrected chi connectivity index (χ4v) is 4.86. The van der Waals surface area contributed by atoms with Crippen LogP contribution in [0.25, 0.3) is 10.3 Å². The maximum absolute atomic E-state index is 13.8. The SMILES string of the molecule is FC(F)(F)C1CNCCC1(CCOc1nc2ccc(Br)nc2s1)c1cnno1. The molecule has 0 amide bonds. The summed E-state index contributed by atoms with van der Waals surface area (Å²) in [6, 6.07) is 3.56. The van der Waals surface area contributed by atoms with Crippen molar-refractivity contribution < 1.29 is 22.4 Å². The number of alkyl halides is 3. The second-order valence-electron chi connectivity index (χ2n) is 6.52. The van der Waals surface area contributed by atoms with E-state index >= 15 is 0 Å². The van der Waals surface area contributed by atoms with Gasteiger partial charge in [0.25, 0.3) is 5.19 Å². The minimum absolute atomic E-state index is 0.0499. The molecule has 12 heteroatoms. The van der Waals surface area contributed by atoms with Crippen molar-refractivity contribution in [1.82, 2.24) is 25.7 Å². The monoisotopic (exact) mass is 477 g/mol. The summed E-state index contributed by atoms with van der Waals surface area (Å²) in [5.74, 6) is -1.49. The van der Waals surface area contributed by atoms with E-state index in [4.69, 9.17) is 9.26 Å². The van der Waals surface area contributed by atoms with Crippen molar-refractivity contribution in [1.29, 1.82) is 0 Å². The van der Waals surface area contributed by atoms with Crippen molar-refractivity contribution in [2.75, 3.05) is 19.7 Å². The second-order valence-corrected chi connectivity index (χ2v) is 8.28. The second kappa shape index (κ2) is 7.56. The van der Waals surface area contributed by atoms with E-state index in [-0.39, 0.29) is 31.8 Å².